The van der Waals surface area contributed by atoms with Gasteiger partial charge in [0.2, 0.25) is 0 Å². The van der Waals surface area contributed by atoms with Crippen molar-refractivity contribution < 1.29 is 4.79 Å². The van der Waals surface area contributed by atoms with E-state index >= 15 is 0 Å². The van der Waals surface area contributed by atoms with Crippen LogP contribution >= 0.6 is 15.9 Å². The van der Waals surface area contributed by atoms with Crippen molar-refractivity contribution in [2.45, 2.75) is 20.4 Å². The van der Waals surface area contributed by atoms with Gasteiger partial charge in [-0.3, -0.25) is 9.48 Å². The maximum atomic E-state index is 12.0. The van der Waals surface area contributed by atoms with Gasteiger partial charge in [-0.25, -0.2) is 5.43 Å². The Bertz CT molecular complexity index is 925. The molecule has 0 aliphatic heterocycles. The zero-order valence-electron chi connectivity index (χ0n) is 13.5. The molecule has 0 aliphatic rings. The van der Waals surface area contributed by atoms with Gasteiger partial charge in [0.05, 0.1) is 22.1 Å². The summed E-state index contributed by atoms with van der Waals surface area (Å²) in [6.07, 6.45) is 1.66. The van der Waals surface area contributed by atoms with Crippen LogP contribution in [0.2, 0.25) is 0 Å². The van der Waals surface area contributed by atoms with Gasteiger partial charge in [0.15, 0.2) is 0 Å². The Labute approximate surface area is 148 Å². The summed E-state index contributed by atoms with van der Waals surface area (Å²) in [5, 5.41) is 10.6. The van der Waals surface area contributed by atoms with Gasteiger partial charge in [-0.15, -0.1) is 0 Å². The largest absolute Gasteiger partial charge is 0.271 e. The number of aryl methyl sites for hydroxylation is 1. The summed E-state index contributed by atoms with van der Waals surface area (Å²) in [7, 11) is 0. The minimum Gasteiger partial charge on any atom is -0.271 e. The van der Waals surface area contributed by atoms with Crippen molar-refractivity contribution in [1.82, 2.24) is 15.2 Å². The van der Waals surface area contributed by atoms with Crippen LogP contribution in [0.25, 0.3) is 10.8 Å². The average Bonchev–Trinajstić information content (AvgIpc) is 2.82. The number of nitrogens with one attached hydrogen (secondary N) is 1. The summed E-state index contributed by atoms with van der Waals surface area (Å²) in [5.41, 5.74) is 5.29. The molecule has 0 bridgehead atoms. The molecule has 1 amide bonds. The molecule has 3 aromatic rings. The predicted molar refractivity (Wildman–Crippen MR) is 99.1 cm³/mol. The molecule has 0 spiro atoms. The minimum absolute atomic E-state index is 0.130. The molecule has 0 atom stereocenters. The molecule has 0 aliphatic carbocycles. The Morgan fingerprint density at radius 2 is 2.00 bits per heavy atom. The molecule has 2 aromatic carbocycles. The summed E-state index contributed by atoms with van der Waals surface area (Å²) >= 11 is 3.45. The predicted octanol–water partition coefficient (Wildman–Crippen LogP) is 3.57. The van der Waals surface area contributed by atoms with E-state index in [0.717, 1.165) is 32.2 Å². The number of amides is 1. The van der Waals surface area contributed by atoms with Crippen LogP contribution in [0.5, 0.6) is 0 Å². The van der Waals surface area contributed by atoms with Crippen molar-refractivity contribution in [2.75, 3.05) is 0 Å². The topological polar surface area (TPSA) is 59.3 Å². The number of carbonyl (C=O) groups is 1. The van der Waals surface area contributed by atoms with E-state index in [1.165, 1.54) is 0 Å². The molecule has 0 unspecified atom stereocenters. The van der Waals surface area contributed by atoms with Crippen LogP contribution < -0.4 is 5.43 Å². The quantitative estimate of drug-likeness (QED) is 0.552. The summed E-state index contributed by atoms with van der Waals surface area (Å²) < 4.78 is 2.58. The average molecular weight is 385 g/mol. The fourth-order valence-electron chi connectivity index (χ4n) is 2.54. The third-order valence-corrected chi connectivity index (χ3v) is 4.95. The zero-order chi connectivity index (χ0) is 17.1. The van der Waals surface area contributed by atoms with Crippen molar-refractivity contribution in [2.24, 2.45) is 5.10 Å². The second-order valence-corrected chi connectivity index (χ2v) is 6.30. The number of hydrogen-bond donors (Lipinski definition) is 1. The number of benzene rings is 2. The number of aromatic nitrogens is 2. The Kier molecular flexibility index (Phi) is 4.76. The standard InChI is InChI=1S/C18H17BrN4O/c1-12-18(19)13(2)23(22-12)11-17(24)21-20-10-15-8-5-7-14-6-3-4-9-16(14)15/h3-10H,11H2,1-2H3,(H,21,24). The minimum atomic E-state index is -0.218. The maximum Gasteiger partial charge on any atom is 0.261 e. The van der Waals surface area contributed by atoms with Crippen LogP contribution in [0.15, 0.2) is 52.0 Å². The number of nitrogens with zero attached hydrogens (tertiary/aromatic N) is 3. The Hall–Kier alpha value is -2.47. The van der Waals surface area contributed by atoms with E-state index in [1.807, 2.05) is 56.3 Å². The monoisotopic (exact) mass is 384 g/mol. The molecule has 0 saturated carbocycles. The summed E-state index contributed by atoms with van der Waals surface area (Å²) in [6.45, 7) is 3.94. The highest BCUT2D eigenvalue weighted by Gasteiger charge is 2.11. The zero-order valence-corrected chi connectivity index (χ0v) is 15.0. The lowest BCUT2D eigenvalue weighted by Gasteiger charge is -2.04. The van der Waals surface area contributed by atoms with Gasteiger partial charge in [0.1, 0.15) is 6.54 Å². The molecule has 1 N–H and O–H groups in total. The van der Waals surface area contributed by atoms with Crippen molar-refractivity contribution in [1.29, 1.82) is 0 Å². The van der Waals surface area contributed by atoms with E-state index in [2.05, 4.69) is 31.6 Å². The molecule has 6 heteroatoms. The van der Waals surface area contributed by atoms with E-state index in [9.17, 15) is 4.79 Å². The second kappa shape index (κ2) is 6.97. The SMILES string of the molecule is Cc1nn(CC(=O)NN=Cc2cccc3ccccc23)c(C)c1Br. The van der Waals surface area contributed by atoms with Crippen molar-refractivity contribution >= 4 is 38.8 Å². The van der Waals surface area contributed by atoms with E-state index in [0.29, 0.717) is 0 Å². The van der Waals surface area contributed by atoms with Crippen LogP contribution in [-0.2, 0) is 11.3 Å². The van der Waals surface area contributed by atoms with Crippen LogP contribution in [0.3, 0.4) is 0 Å². The highest BCUT2D eigenvalue weighted by atomic mass is 79.9. The molecule has 5 nitrogen and oxygen atoms in total. The summed E-state index contributed by atoms with van der Waals surface area (Å²) in [5.74, 6) is -0.218. The van der Waals surface area contributed by atoms with Crippen molar-refractivity contribution in [3.63, 3.8) is 0 Å². The molecule has 0 fully saturated rings. The molecule has 3 rings (SSSR count). The van der Waals surface area contributed by atoms with E-state index in [1.54, 1.807) is 10.9 Å². The fraction of sp³-hybridized carbons (Fsp3) is 0.167. The highest BCUT2D eigenvalue weighted by Crippen LogP contribution is 2.19. The molecular weight excluding hydrogens is 368 g/mol. The highest BCUT2D eigenvalue weighted by molar-refractivity contribution is 9.10. The van der Waals surface area contributed by atoms with Crippen LogP contribution in [0.4, 0.5) is 0 Å². The van der Waals surface area contributed by atoms with Gasteiger partial charge in [-0.2, -0.15) is 10.2 Å². The second-order valence-electron chi connectivity index (χ2n) is 5.50. The van der Waals surface area contributed by atoms with Crippen LogP contribution in [0, 0.1) is 13.8 Å². The summed E-state index contributed by atoms with van der Waals surface area (Å²) in [4.78, 5) is 12.0. The summed E-state index contributed by atoms with van der Waals surface area (Å²) in [6, 6.07) is 14.1. The molecule has 0 radical (unpaired) electrons. The van der Waals surface area contributed by atoms with E-state index in [4.69, 9.17) is 0 Å². The van der Waals surface area contributed by atoms with Gasteiger partial charge in [0.25, 0.3) is 5.91 Å². The lowest BCUT2D eigenvalue weighted by molar-refractivity contribution is -0.121. The lowest BCUT2D eigenvalue weighted by Crippen LogP contribution is -2.24. The molecule has 122 valence electrons. The third kappa shape index (κ3) is 3.38. The van der Waals surface area contributed by atoms with Gasteiger partial charge in [-0.05, 0) is 40.5 Å². The Morgan fingerprint density at radius 3 is 2.75 bits per heavy atom. The normalized spacial score (nSPS) is 11.3. The van der Waals surface area contributed by atoms with Crippen molar-refractivity contribution in [3.8, 4) is 0 Å². The fourth-order valence-corrected chi connectivity index (χ4v) is 2.82. The van der Waals surface area contributed by atoms with Crippen LogP contribution in [0.1, 0.15) is 17.0 Å². The molecule has 24 heavy (non-hydrogen) atoms. The maximum absolute atomic E-state index is 12.0. The van der Waals surface area contributed by atoms with E-state index < -0.39 is 0 Å². The molecule has 0 saturated heterocycles. The van der Waals surface area contributed by atoms with Gasteiger partial charge < -0.3 is 0 Å². The van der Waals surface area contributed by atoms with Gasteiger partial charge >= 0.3 is 0 Å². The first-order valence-electron chi connectivity index (χ1n) is 7.55. The number of fused-ring (bicyclic) bond motifs is 1. The lowest BCUT2D eigenvalue weighted by atomic mass is 10.1. The van der Waals surface area contributed by atoms with E-state index in [-0.39, 0.29) is 12.5 Å². The van der Waals surface area contributed by atoms with Gasteiger partial charge in [-0.1, -0.05) is 42.5 Å². The van der Waals surface area contributed by atoms with Crippen molar-refractivity contribution in [3.05, 3.63) is 63.9 Å². The smallest absolute Gasteiger partial charge is 0.261 e. The number of hydrazone groups is 1. The Balaban J connectivity index is 1.69. The first kappa shape index (κ1) is 16.4. The molecular formula is C18H17BrN4O. The number of halogens is 1. The number of carbonyl (C=O) groups excluding carboxylic acids is 1. The third-order valence-electron chi connectivity index (χ3n) is 3.80. The first-order chi connectivity index (χ1) is 11.6. The number of hydrogen-bond acceptors (Lipinski definition) is 3. The Morgan fingerprint density at radius 1 is 1.25 bits per heavy atom. The number of rotatable bonds is 4. The first-order valence-corrected chi connectivity index (χ1v) is 8.34. The van der Waals surface area contributed by atoms with Crippen LogP contribution in [-0.4, -0.2) is 21.9 Å². The molecule has 1 heterocycles. The van der Waals surface area contributed by atoms with Gasteiger partial charge in [0, 0.05) is 5.56 Å². The molecule has 1 aromatic heterocycles.